The topological polar surface area (TPSA) is 81.4 Å². The largest absolute Gasteiger partial charge is 0.462 e. The van der Waals surface area contributed by atoms with Gasteiger partial charge in [0.2, 0.25) is 0 Å². The Hall–Kier alpha value is -2.35. The van der Waals surface area contributed by atoms with E-state index >= 15 is 0 Å². The van der Waals surface area contributed by atoms with Crippen LogP contribution in [0.2, 0.25) is 10.0 Å². The lowest BCUT2D eigenvalue weighted by Gasteiger charge is -2.12. The van der Waals surface area contributed by atoms with Crippen molar-refractivity contribution < 1.29 is 18.8 Å². The minimum absolute atomic E-state index is 0.219. The van der Waals surface area contributed by atoms with Crippen molar-refractivity contribution in [2.75, 3.05) is 11.9 Å². The molecule has 1 aromatic carbocycles. The number of nitrogens with zero attached hydrogens (tertiary/aromatic N) is 1. The quantitative estimate of drug-likeness (QED) is 0.433. The first kappa shape index (κ1) is 21.9. The molecule has 1 aliphatic rings. The van der Waals surface area contributed by atoms with Crippen LogP contribution >= 0.6 is 34.5 Å². The number of aromatic nitrogens is 1. The molecule has 162 valence electrons. The Labute approximate surface area is 193 Å². The van der Waals surface area contributed by atoms with Gasteiger partial charge in [0.1, 0.15) is 22.0 Å². The molecule has 31 heavy (non-hydrogen) atoms. The summed E-state index contributed by atoms with van der Waals surface area (Å²) >= 11 is 14.1. The second kappa shape index (κ2) is 9.02. The number of hydrogen-bond acceptors (Lipinski definition) is 6. The molecular weight excluding hydrogens is 459 g/mol. The summed E-state index contributed by atoms with van der Waals surface area (Å²) in [5.41, 5.74) is 2.31. The van der Waals surface area contributed by atoms with E-state index in [-0.39, 0.29) is 17.9 Å². The smallest absolute Gasteiger partial charge is 0.341 e. The van der Waals surface area contributed by atoms with Gasteiger partial charge in [-0.2, -0.15) is 0 Å². The fourth-order valence-corrected chi connectivity index (χ4v) is 5.62. The molecule has 2 aromatic heterocycles. The highest BCUT2D eigenvalue weighted by Gasteiger charge is 2.30. The standard InChI is InChI=1S/C22H20Cl2N2O4S/c1-3-29-22(28)17-12-7-4-5-10-15(12)31-21(17)25-20(27)16-11(2)30-26-19(16)18-13(23)8-6-9-14(18)24/h6,8-9H,3-5,7,10H2,1-2H3,(H,25,27). The average molecular weight is 479 g/mol. The molecule has 0 aliphatic heterocycles. The summed E-state index contributed by atoms with van der Waals surface area (Å²) in [6, 6.07) is 5.05. The van der Waals surface area contributed by atoms with Crippen LogP contribution in [0.15, 0.2) is 22.7 Å². The molecule has 1 aliphatic carbocycles. The summed E-state index contributed by atoms with van der Waals surface area (Å²) in [5.74, 6) is -0.551. The van der Waals surface area contributed by atoms with Crippen LogP contribution in [-0.2, 0) is 17.6 Å². The lowest BCUT2D eigenvalue weighted by molar-refractivity contribution is 0.0526. The minimum Gasteiger partial charge on any atom is -0.462 e. The number of carbonyl (C=O) groups is 2. The summed E-state index contributed by atoms with van der Waals surface area (Å²) in [5, 5.41) is 8.11. The number of carbonyl (C=O) groups excluding carboxylic acids is 2. The van der Waals surface area contributed by atoms with Crippen LogP contribution in [0.4, 0.5) is 5.00 Å². The molecule has 1 N–H and O–H groups in total. The third kappa shape index (κ3) is 4.10. The fourth-order valence-electron chi connectivity index (χ4n) is 3.77. The maximum atomic E-state index is 13.3. The molecule has 0 atom stereocenters. The van der Waals surface area contributed by atoms with Crippen molar-refractivity contribution in [1.29, 1.82) is 0 Å². The molecule has 0 radical (unpaired) electrons. The first-order valence-corrected chi connectivity index (χ1v) is 11.5. The maximum Gasteiger partial charge on any atom is 0.341 e. The Morgan fingerprint density at radius 1 is 1.19 bits per heavy atom. The van der Waals surface area contributed by atoms with Gasteiger partial charge < -0.3 is 14.6 Å². The van der Waals surface area contributed by atoms with E-state index in [2.05, 4.69) is 10.5 Å². The summed E-state index contributed by atoms with van der Waals surface area (Å²) < 4.78 is 10.6. The van der Waals surface area contributed by atoms with Gasteiger partial charge in [-0.3, -0.25) is 4.79 Å². The summed E-state index contributed by atoms with van der Waals surface area (Å²) in [6.45, 7) is 3.66. The molecule has 0 spiro atoms. The van der Waals surface area contributed by atoms with Crippen LogP contribution in [0.5, 0.6) is 0 Å². The third-order valence-corrected chi connectivity index (χ3v) is 7.00. The summed E-state index contributed by atoms with van der Waals surface area (Å²) in [4.78, 5) is 27.1. The number of amides is 1. The van der Waals surface area contributed by atoms with Crippen molar-refractivity contribution in [2.24, 2.45) is 0 Å². The average Bonchev–Trinajstić information content (AvgIpc) is 3.28. The van der Waals surface area contributed by atoms with Crippen LogP contribution in [0, 0.1) is 6.92 Å². The number of halogens is 2. The van der Waals surface area contributed by atoms with E-state index in [1.807, 2.05) is 0 Å². The third-order valence-electron chi connectivity index (χ3n) is 5.17. The number of aryl methyl sites for hydroxylation is 2. The predicted octanol–water partition coefficient (Wildman–Crippen LogP) is 6.33. The molecule has 0 fully saturated rings. The van der Waals surface area contributed by atoms with Crippen LogP contribution in [0.25, 0.3) is 11.3 Å². The number of nitrogens with one attached hydrogen (secondary N) is 1. The van der Waals surface area contributed by atoms with E-state index in [1.54, 1.807) is 32.0 Å². The van der Waals surface area contributed by atoms with Crippen molar-refractivity contribution in [3.8, 4) is 11.3 Å². The van der Waals surface area contributed by atoms with E-state index in [9.17, 15) is 9.59 Å². The normalized spacial score (nSPS) is 13.0. The van der Waals surface area contributed by atoms with E-state index in [4.69, 9.17) is 32.5 Å². The van der Waals surface area contributed by atoms with Gasteiger partial charge in [0.25, 0.3) is 5.91 Å². The Bertz CT molecular complexity index is 1150. The second-order valence-corrected chi connectivity index (χ2v) is 9.07. The van der Waals surface area contributed by atoms with Crippen LogP contribution in [0.1, 0.15) is 56.7 Å². The highest BCUT2D eigenvalue weighted by atomic mass is 35.5. The van der Waals surface area contributed by atoms with Gasteiger partial charge in [0, 0.05) is 10.4 Å². The molecule has 2 heterocycles. The molecule has 4 rings (SSSR count). The van der Waals surface area contributed by atoms with E-state index in [0.717, 1.165) is 36.1 Å². The Morgan fingerprint density at radius 3 is 2.61 bits per heavy atom. The Balaban J connectivity index is 1.75. The van der Waals surface area contributed by atoms with Crippen LogP contribution < -0.4 is 5.32 Å². The first-order chi connectivity index (χ1) is 14.9. The molecule has 9 heteroatoms. The van der Waals surface area contributed by atoms with Gasteiger partial charge in [0.15, 0.2) is 0 Å². The number of esters is 1. The summed E-state index contributed by atoms with van der Waals surface area (Å²) in [7, 11) is 0. The SMILES string of the molecule is CCOC(=O)c1c(NC(=O)c2c(-c3c(Cl)cccc3Cl)noc2C)sc2c1CCCC2. The predicted molar refractivity (Wildman–Crippen MR) is 122 cm³/mol. The lowest BCUT2D eigenvalue weighted by Crippen LogP contribution is -2.16. The minimum atomic E-state index is -0.450. The van der Waals surface area contributed by atoms with Crippen molar-refractivity contribution >= 4 is 51.4 Å². The first-order valence-electron chi connectivity index (χ1n) is 9.96. The van der Waals surface area contributed by atoms with E-state index in [0.29, 0.717) is 31.9 Å². The van der Waals surface area contributed by atoms with Gasteiger partial charge in [-0.05, 0) is 57.2 Å². The number of hydrogen-bond donors (Lipinski definition) is 1. The summed E-state index contributed by atoms with van der Waals surface area (Å²) in [6.07, 6.45) is 3.74. The number of ether oxygens (including phenoxy) is 1. The molecule has 0 saturated carbocycles. The molecular formula is C22H20Cl2N2O4S. The molecule has 0 unspecified atom stereocenters. The van der Waals surface area contributed by atoms with Gasteiger partial charge in [-0.1, -0.05) is 34.4 Å². The molecule has 0 bridgehead atoms. The molecule has 1 amide bonds. The zero-order valence-electron chi connectivity index (χ0n) is 17.0. The second-order valence-electron chi connectivity index (χ2n) is 7.15. The zero-order valence-corrected chi connectivity index (χ0v) is 19.3. The van der Waals surface area contributed by atoms with Crippen molar-refractivity contribution in [1.82, 2.24) is 5.16 Å². The van der Waals surface area contributed by atoms with Crippen LogP contribution in [0.3, 0.4) is 0 Å². The number of anilines is 1. The number of benzene rings is 1. The van der Waals surface area contributed by atoms with E-state index in [1.165, 1.54) is 11.3 Å². The molecule has 6 nitrogen and oxygen atoms in total. The number of rotatable bonds is 5. The van der Waals surface area contributed by atoms with Crippen molar-refractivity contribution in [2.45, 2.75) is 39.5 Å². The van der Waals surface area contributed by atoms with Gasteiger partial charge in [0.05, 0.1) is 22.2 Å². The monoisotopic (exact) mass is 478 g/mol. The van der Waals surface area contributed by atoms with Crippen LogP contribution in [-0.4, -0.2) is 23.6 Å². The zero-order chi connectivity index (χ0) is 22.1. The van der Waals surface area contributed by atoms with Gasteiger partial charge in [-0.15, -0.1) is 11.3 Å². The highest BCUT2D eigenvalue weighted by Crippen LogP contribution is 2.40. The number of thiophene rings is 1. The highest BCUT2D eigenvalue weighted by molar-refractivity contribution is 7.17. The molecule has 3 aromatic rings. The maximum absolute atomic E-state index is 13.3. The molecule has 0 saturated heterocycles. The van der Waals surface area contributed by atoms with Crippen molar-refractivity contribution in [3.63, 3.8) is 0 Å². The fraction of sp³-hybridized carbons (Fsp3) is 0.318. The van der Waals surface area contributed by atoms with Crippen molar-refractivity contribution in [3.05, 3.63) is 55.6 Å². The number of fused-ring (bicyclic) bond motifs is 1. The van der Waals surface area contributed by atoms with Gasteiger partial charge in [-0.25, -0.2) is 4.79 Å². The lowest BCUT2D eigenvalue weighted by atomic mass is 9.95. The van der Waals surface area contributed by atoms with Gasteiger partial charge >= 0.3 is 5.97 Å². The Kier molecular flexibility index (Phi) is 6.36. The Morgan fingerprint density at radius 2 is 1.90 bits per heavy atom. The van der Waals surface area contributed by atoms with E-state index < -0.39 is 11.9 Å².